The van der Waals surface area contributed by atoms with E-state index >= 15 is 0 Å². The molecule has 0 N–H and O–H groups in total. The Balaban J connectivity index is 1.91. The van der Waals surface area contributed by atoms with Gasteiger partial charge in [-0.25, -0.2) is 0 Å². The van der Waals surface area contributed by atoms with Crippen LogP contribution < -0.4 is 8.37 Å². The van der Waals surface area contributed by atoms with Crippen molar-refractivity contribution in [2.24, 2.45) is 0 Å². The summed E-state index contributed by atoms with van der Waals surface area (Å²) < 4.78 is 33.5. The lowest BCUT2D eigenvalue weighted by Gasteiger charge is -2.13. The van der Waals surface area contributed by atoms with Gasteiger partial charge < -0.3 is 8.37 Å². The third-order valence-electron chi connectivity index (χ3n) is 4.92. The van der Waals surface area contributed by atoms with E-state index in [0.29, 0.717) is 0 Å². The first-order chi connectivity index (χ1) is 12.1. The normalized spacial score (nSPS) is 15.7. The first-order valence-electron chi connectivity index (χ1n) is 7.88. The maximum atomic E-state index is 11.7. The lowest BCUT2D eigenvalue weighted by molar-refractivity contribution is 0.437. The van der Waals surface area contributed by atoms with Crippen molar-refractivity contribution in [2.75, 3.05) is 0 Å². The third kappa shape index (κ3) is 1.63. The summed E-state index contributed by atoms with van der Waals surface area (Å²) >= 11 is 0. The van der Waals surface area contributed by atoms with Crippen LogP contribution in [-0.2, 0) is 10.4 Å². The molecule has 4 nitrogen and oxygen atoms in total. The Kier molecular flexibility index (Phi) is 2.19. The van der Waals surface area contributed by atoms with E-state index in [-0.39, 0.29) is 11.5 Å². The number of hydrogen-bond donors (Lipinski definition) is 0. The standard InChI is InChI=1S/C20H10O4S/c21-25(22)23-17-10-13-6-5-12-9-11-3-1-2-4-14(11)15-7-8-16(20(17)24-25)19(13)18(12)15/h1-10H. The molecular weight excluding hydrogens is 336 g/mol. The zero-order valence-electron chi connectivity index (χ0n) is 12.8. The Morgan fingerprint density at radius 1 is 0.640 bits per heavy atom. The van der Waals surface area contributed by atoms with Gasteiger partial charge in [-0.05, 0) is 50.5 Å². The van der Waals surface area contributed by atoms with E-state index in [4.69, 9.17) is 8.37 Å². The highest BCUT2D eigenvalue weighted by Crippen LogP contribution is 2.48. The second-order valence-corrected chi connectivity index (χ2v) is 7.45. The van der Waals surface area contributed by atoms with Crippen LogP contribution in [0.15, 0.2) is 60.7 Å². The van der Waals surface area contributed by atoms with E-state index in [1.807, 2.05) is 30.3 Å². The minimum atomic E-state index is -4.02. The summed E-state index contributed by atoms with van der Waals surface area (Å²) in [6.07, 6.45) is 0. The fourth-order valence-electron chi connectivity index (χ4n) is 3.95. The predicted molar refractivity (Wildman–Crippen MR) is 97.8 cm³/mol. The van der Waals surface area contributed by atoms with Gasteiger partial charge in [0.2, 0.25) is 0 Å². The summed E-state index contributed by atoms with van der Waals surface area (Å²) in [6, 6.07) is 20.2. The molecular formula is C20H10O4S. The van der Waals surface area contributed by atoms with Crippen LogP contribution in [0.2, 0.25) is 0 Å². The maximum absolute atomic E-state index is 11.7. The summed E-state index contributed by atoms with van der Waals surface area (Å²) in [7, 11) is -4.02. The van der Waals surface area contributed by atoms with Crippen molar-refractivity contribution < 1.29 is 16.8 Å². The highest BCUT2D eigenvalue weighted by molar-refractivity contribution is 7.82. The van der Waals surface area contributed by atoms with Crippen LogP contribution in [0.3, 0.4) is 0 Å². The van der Waals surface area contributed by atoms with Crippen molar-refractivity contribution in [3.63, 3.8) is 0 Å². The summed E-state index contributed by atoms with van der Waals surface area (Å²) in [6.45, 7) is 0. The van der Waals surface area contributed by atoms with Crippen molar-refractivity contribution >= 4 is 53.5 Å². The molecule has 5 aromatic carbocycles. The first kappa shape index (κ1) is 13.3. The molecule has 25 heavy (non-hydrogen) atoms. The molecule has 0 saturated carbocycles. The van der Waals surface area contributed by atoms with Crippen LogP contribution in [-0.4, -0.2) is 8.42 Å². The zero-order valence-corrected chi connectivity index (χ0v) is 13.6. The zero-order chi connectivity index (χ0) is 16.8. The largest absolute Gasteiger partial charge is 0.501 e. The minimum absolute atomic E-state index is 0.246. The fourth-order valence-corrected chi connectivity index (χ4v) is 4.71. The molecule has 0 saturated heterocycles. The van der Waals surface area contributed by atoms with Crippen LogP contribution in [0.4, 0.5) is 0 Å². The lowest BCUT2D eigenvalue weighted by Crippen LogP contribution is -2.08. The van der Waals surface area contributed by atoms with Crippen LogP contribution in [0.25, 0.3) is 43.1 Å². The van der Waals surface area contributed by atoms with Gasteiger partial charge in [0.25, 0.3) is 0 Å². The Labute approximate surface area is 142 Å². The summed E-state index contributed by atoms with van der Waals surface area (Å²) in [5, 5.41) is 8.42. The topological polar surface area (TPSA) is 52.6 Å². The van der Waals surface area contributed by atoms with Gasteiger partial charge in [0.05, 0.1) is 0 Å². The molecule has 0 bridgehead atoms. The highest BCUT2D eigenvalue weighted by atomic mass is 32.3. The van der Waals surface area contributed by atoms with Gasteiger partial charge in [-0.15, -0.1) is 8.42 Å². The molecule has 5 aromatic rings. The second kappa shape index (κ2) is 4.13. The molecule has 6 rings (SSSR count). The van der Waals surface area contributed by atoms with Gasteiger partial charge in [-0.3, -0.25) is 0 Å². The Morgan fingerprint density at radius 2 is 1.36 bits per heavy atom. The Morgan fingerprint density at radius 3 is 2.24 bits per heavy atom. The first-order valence-corrected chi connectivity index (χ1v) is 9.21. The number of fused-ring (bicyclic) bond motifs is 4. The van der Waals surface area contributed by atoms with Crippen molar-refractivity contribution in [1.29, 1.82) is 0 Å². The van der Waals surface area contributed by atoms with E-state index in [9.17, 15) is 8.42 Å². The van der Waals surface area contributed by atoms with Crippen molar-refractivity contribution in [3.05, 3.63) is 60.7 Å². The summed E-state index contributed by atoms with van der Waals surface area (Å²) in [5.41, 5.74) is 0. The van der Waals surface area contributed by atoms with Crippen molar-refractivity contribution in [1.82, 2.24) is 0 Å². The second-order valence-electron chi connectivity index (χ2n) is 6.30. The van der Waals surface area contributed by atoms with Crippen molar-refractivity contribution in [3.8, 4) is 11.5 Å². The molecule has 0 radical (unpaired) electrons. The van der Waals surface area contributed by atoms with Crippen LogP contribution in [0.1, 0.15) is 0 Å². The fraction of sp³-hybridized carbons (Fsp3) is 0. The van der Waals surface area contributed by atoms with E-state index in [1.54, 1.807) is 6.07 Å². The van der Waals surface area contributed by atoms with Gasteiger partial charge in [0, 0.05) is 10.8 Å². The molecule has 1 aliphatic rings. The van der Waals surface area contributed by atoms with Crippen LogP contribution >= 0.6 is 0 Å². The van der Waals surface area contributed by atoms with Gasteiger partial charge in [-0.1, -0.05) is 42.5 Å². The van der Waals surface area contributed by atoms with E-state index in [2.05, 4.69) is 24.3 Å². The van der Waals surface area contributed by atoms with Gasteiger partial charge in [0.1, 0.15) is 0 Å². The predicted octanol–water partition coefficient (Wildman–Crippen LogP) is 4.75. The monoisotopic (exact) mass is 346 g/mol. The lowest BCUT2D eigenvalue weighted by atomic mass is 9.90. The minimum Gasteiger partial charge on any atom is -0.349 e. The van der Waals surface area contributed by atoms with Crippen molar-refractivity contribution in [2.45, 2.75) is 0 Å². The van der Waals surface area contributed by atoms with Gasteiger partial charge >= 0.3 is 10.4 Å². The summed E-state index contributed by atoms with van der Waals surface area (Å²) in [4.78, 5) is 0. The number of hydrogen-bond acceptors (Lipinski definition) is 4. The Hall–Kier alpha value is -3.05. The SMILES string of the molecule is O=S1(=O)Oc2cc3ccc4cc5ccccc5c5ccc(c2O1)c3c45. The van der Waals surface area contributed by atoms with E-state index < -0.39 is 10.4 Å². The maximum Gasteiger partial charge on any atom is 0.501 e. The average molecular weight is 346 g/mol. The van der Waals surface area contributed by atoms with E-state index in [0.717, 1.165) is 32.3 Å². The third-order valence-corrected chi connectivity index (χ3v) is 5.67. The molecule has 0 atom stereocenters. The molecule has 0 amide bonds. The van der Waals surface area contributed by atoms with Gasteiger partial charge in [0.15, 0.2) is 11.5 Å². The molecule has 1 aliphatic heterocycles. The highest BCUT2D eigenvalue weighted by Gasteiger charge is 2.31. The smallest absolute Gasteiger partial charge is 0.349 e. The molecule has 0 spiro atoms. The van der Waals surface area contributed by atoms with Gasteiger partial charge in [-0.2, -0.15) is 0 Å². The number of benzene rings is 5. The molecule has 0 unspecified atom stereocenters. The molecule has 0 fully saturated rings. The average Bonchev–Trinajstić information content (AvgIpc) is 2.92. The molecule has 0 aliphatic carbocycles. The molecule has 120 valence electrons. The van der Waals surface area contributed by atoms with Crippen LogP contribution in [0, 0.1) is 0 Å². The van der Waals surface area contributed by atoms with E-state index in [1.165, 1.54) is 10.8 Å². The molecule has 1 heterocycles. The Bertz CT molecular complexity index is 1450. The number of rotatable bonds is 0. The molecule has 5 heteroatoms. The molecule has 0 aromatic heterocycles. The quantitative estimate of drug-likeness (QED) is 0.300. The van der Waals surface area contributed by atoms with Crippen LogP contribution in [0.5, 0.6) is 11.5 Å². The summed E-state index contributed by atoms with van der Waals surface area (Å²) in [5.74, 6) is 0.519.